The Morgan fingerprint density at radius 1 is 0.452 bits per heavy atom. The summed E-state index contributed by atoms with van der Waals surface area (Å²) < 4.78 is 0. The molecular weight excluding hydrogens is 512 g/mol. The summed E-state index contributed by atoms with van der Waals surface area (Å²) in [7, 11) is 0. The van der Waals surface area contributed by atoms with Crippen molar-refractivity contribution in [3.05, 3.63) is 105 Å². The molecule has 0 radical (unpaired) electrons. The maximum atomic E-state index is 9.39. The first-order chi connectivity index (χ1) is 20.7. The number of aryl methyl sites for hydroxylation is 2. The van der Waals surface area contributed by atoms with Gasteiger partial charge >= 0.3 is 0 Å². The average molecular weight is 563 g/mol. The van der Waals surface area contributed by atoms with Crippen LogP contribution >= 0.6 is 0 Å². The molecule has 3 aromatic rings. The van der Waals surface area contributed by atoms with E-state index in [1.807, 2.05) is 48.5 Å². The summed E-state index contributed by atoms with van der Waals surface area (Å²) in [6, 6.07) is 20.4. The van der Waals surface area contributed by atoms with Crippen LogP contribution in [0, 0.1) is 23.7 Å². The highest BCUT2D eigenvalue weighted by molar-refractivity contribution is 5.55. The zero-order valence-electron chi connectivity index (χ0n) is 26.0. The fourth-order valence-electron chi connectivity index (χ4n) is 5.19. The largest absolute Gasteiger partial charge is 0.392 e. The molecule has 42 heavy (non-hydrogen) atoms. The normalized spacial score (nSPS) is 10.6. The number of aliphatic hydroxyl groups is 2. The molecule has 2 N–H and O–H groups in total. The van der Waals surface area contributed by atoms with Crippen LogP contribution in [0.15, 0.2) is 60.7 Å². The van der Waals surface area contributed by atoms with E-state index in [1.54, 1.807) is 0 Å². The number of aliphatic hydroxyl groups excluding tert-OH is 2. The van der Waals surface area contributed by atoms with Gasteiger partial charge in [0, 0.05) is 22.3 Å². The van der Waals surface area contributed by atoms with Crippen molar-refractivity contribution in [2.75, 3.05) is 0 Å². The summed E-state index contributed by atoms with van der Waals surface area (Å²) in [5, 5.41) is 18.8. The molecule has 222 valence electrons. The van der Waals surface area contributed by atoms with Gasteiger partial charge in [0.25, 0.3) is 0 Å². The van der Waals surface area contributed by atoms with Crippen LogP contribution < -0.4 is 0 Å². The third-order valence-corrected chi connectivity index (χ3v) is 7.88. The first kappa shape index (κ1) is 33.2. The lowest BCUT2D eigenvalue weighted by molar-refractivity contribution is 0.281. The van der Waals surface area contributed by atoms with Crippen LogP contribution in [0.5, 0.6) is 0 Å². The zero-order valence-corrected chi connectivity index (χ0v) is 26.0. The van der Waals surface area contributed by atoms with E-state index in [9.17, 15) is 10.2 Å². The molecule has 0 unspecified atom stereocenters. The van der Waals surface area contributed by atoms with E-state index < -0.39 is 0 Å². The second-order valence-electron chi connectivity index (χ2n) is 11.4. The van der Waals surface area contributed by atoms with Gasteiger partial charge in [0.1, 0.15) is 0 Å². The number of hydrogen-bond donors (Lipinski definition) is 2. The summed E-state index contributed by atoms with van der Waals surface area (Å²) in [5.74, 6) is 13.8. The van der Waals surface area contributed by atoms with Crippen LogP contribution in [0.2, 0.25) is 0 Å². The van der Waals surface area contributed by atoms with E-state index in [0.29, 0.717) is 0 Å². The highest BCUT2D eigenvalue weighted by Crippen LogP contribution is 2.22. The van der Waals surface area contributed by atoms with Gasteiger partial charge in [0.2, 0.25) is 0 Å². The summed E-state index contributed by atoms with van der Waals surface area (Å²) in [6.45, 7) is 4.62. The molecule has 2 nitrogen and oxygen atoms in total. The monoisotopic (exact) mass is 562 g/mol. The Balaban J connectivity index is 1.92. The van der Waals surface area contributed by atoms with Crippen LogP contribution in [0.1, 0.15) is 135 Å². The topological polar surface area (TPSA) is 40.5 Å². The molecule has 0 amide bonds. The molecule has 0 fully saturated rings. The van der Waals surface area contributed by atoms with Crippen molar-refractivity contribution in [2.24, 2.45) is 0 Å². The lowest BCUT2D eigenvalue weighted by Gasteiger charge is -2.12. The molecule has 0 spiro atoms. The molecule has 0 aliphatic rings. The van der Waals surface area contributed by atoms with Crippen molar-refractivity contribution in [2.45, 2.75) is 117 Å². The molecule has 0 aliphatic carbocycles. The van der Waals surface area contributed by atoms with Gasteiger partial charge in [0.15, 0.2) is 0 Å². The van der Waals surface area contributed by atoms with Crippen LogP contribution in [0.4, 0.5) is 0 Å². The quantitative estimate of drug-likeness (QED) is 0.135. The summed E-state index contributed by atoms with van der Waals surface area (Å²) in [6.07, 6.45) is 17.2. The molecule has 0 heterocycles. The van der Waals surface area contributed by atoms with Crippen molar-refractivity contribution in [3.8, 4) is 23.7 Å². The standard InChI is InChI=1S/C40H50O2/c1-3-5-7-9-11-13-15-37-29-40(28-26-34-19-23-36(32-42)24-20-34)38(16-14-12-10-8-6-4-2)30-39(37)27-25-33-17-21-35(31-41)22-18-33/h17-24,29-30,41-42H,3-16,31-32H2,1-2H3. The zero-order chi connectivity index (χ0) is 29.8. The predicted octanol–water partition coefficient (Wildman–Crippen LogP) is 9.28. The minimum atomic E-state index is 0.0476. The van der Waals surface area contributed by atoms with Crippen molar-refractivity contribution < 1.29 is 10.2 Å². The van der Waals surface area contributed by atoms with E-state index in [0.717, 1.165) is 59.1 Å². The number of unbranched alkanes of at least 4 members (excludes halogenated alkanes) is 10. The lowest BCUT2D eigenvalue weighted by atomic mass is 9.92. The van der Waals surface area contributed by atoms with Gasteiger partial charge in [-0.3, -0.25) is 0 Å². The van der Waals surface area contributed by atoms with Crippen molar-refractivity contribution in [1.82, 2.24) is 0 Å². The average Bonchev–Trinajstić information content (AvgIpc) is 3.03. The van der Waals surface area contributed by atoms with Crippen molar-refractivity contribution in [3.63, 3.8) is 0 Å². The fraction of sp³-hybridized carbons (Fsp3) is 0.450. The summed E-state index contributed by atoms with van der Waals surface area (Å²) in [4.78, 5) is 0. The molecule has 0 atom stereocenters. The smallest absolute Gasteiger partial charge is 0.0681 e. The number of benzene rings is 3. The van der Waals surface area contributed by atoms with Crippen LogP contribution in [0.25, 0.3) is 0 Å². The number of hydrogen-bond acceptors (Lipinski definition) is 2. The van der Waals surface area contributed by atoms with E-state index >= 15 is 0 Å². The second kappa shape index (κ2) is 19.8. The molecule has 2 heteroatoms. The number of rotatable bonds is 16. The predicted molar refractivity (Wildman–Crippen MR) is 177 cm³/mol. The third kappa shape index (κ3) is 11.9. The SMILES string of the molecule is CCCCCCCCc1cc(C#Cc2ccc(CO)cc2)c(CCCCCCCC)cc1C#Cc1ccc(CO)cc1. The second-order valence-corrected chi connectivity index (χ2v) is 11.4. The highest BCUT2D eigenvalue weighted by atomic mass is 16.3. The van der Waals surface area contributed by atoms with Crippen molar-refractivity contribution >= 4 is 0 Å². The molecule has 0 aromatic heterocycles. The molecule has 3 rings (SSSR count). The van der Waals surface area contributed by atoms with E-state index in [4.69, 9.17) is 0 Å². The molecule has 3 aromatic carbocycles. The molecular formula is C40H50O2. The van der Waals surface area contributed by atoms with Crippen molar-refractivity contribution in [1.29, 1.82) is 0 Å². The van der Waals surface area contributed by atoms with Crippen LogP contribution in [0.3, 0.4) is 0 Å². The molecule has 0 bridgehead atoms. The maximum Gasteiger partial charge on any atom is 0.0681 e. The first-order valence-corrected chi connectivity index (χ1v) is 16.3. The van der Waals surface area contributed by atoms with Gasteiger partial charge in [-0.1, -0.05) is 126 Å². The summed E-state index contributed by atoms with van der Waals surface area (Å²) >= 11 is 0. The first-order valence-electron chi connectivity index (χ1n) is 16.3. The van der Waals surface area contributed by atoms with Gasteiger partial charge < -0.3 is 10.2 Å². The van der Waals surface area contributed by atoms with Gasteiger partial charge in [-0.05, 0) is 84.3 Å². The van der Waals surface area contributed by atoms with Gasteiger partial charge in [-0.25, -0.2) is 0 Å². The minimum Gasteiger partial charge on any atom is -0.392 e. The molecule has 0 saturated heterocycles. The van der Waals surface area contributed by atoms with E-state index in [2.05, 4.69) is 49.7 Å². The maximum absolute atomic E-state index is 9.39. The highest BCUT2D eigenvalue weighted by Gasteiger charge is 2.09. The Hall–Kier alpha value is -3.30. The Bertz CT molecular complexity index is 1210. The third-order valence-electron chi connectivity index (χ3n) is 7.88. The van der Waals surface area contributed by atoms with Gasteiger partial charge in [0.05, 0.1) is 13.2 Å². The van der Waals surface area contributed by atoms with E-state index in [-0.39, 0.29) is 13.2 Å². The Labute approximate surface area is 255 Å². The van der Waals surface area contributed by atoms with Crippen LogP contribution in [-0.2, 0) is 26.1 Å². The Morgan fingerprint density at radius 3 is 1.17 bits per heavy atom. The molecule has 0 saturated carbocycles. The molecule has 0 aliphatic heterocycles. The Morgan fingerprint density at radius 2 is 0.810 bits per heavy atom. The Kier molecular flexibility index (Phi) is 15.6. The lowest BCUT2D eigenvalue weighted by Crippen LogP contribution is -1.99. The minimum absolute atomic E-state index is 0.0476. The van der Waals surface area contributed by atoms with Gasteiger partial charge in [-0.15, -0.1) is 0 Å². The summed E-state index contributed by atoms with van der Waals surface area (Å²) in [5.41, 5.74) is 8.55. The van der Waals surface area contributed by atoms with E-state index in [1.165, 1.54) is 75.3 Å². The van der Waals surface area contributed by atoms with Crippen LogP contribution in [-0.4, -0.2) is 10.2 Å². The fourth-order valence-corrected chi connectivity index (χ4v) is 5.19. The van der Waals surface area contributed by atoms with Gasteiger partial charge in [-0.2, -0.15) is 0 Å².